The Balaban J connectivity index is 0.00000784. The van der Waals surface area contributed by atoms with E-state index in [9.17, 15) is 4.79 Å². The molecule has 1 fully saturated rings. The van der Waals surface area contributed by atoms with Gasteiger partial charge in [-0.15, -0.1) is 24.0 Å². The standard InChI is InChI=1S/C21H42N4O3.HI/c1-17(2)16-27-14-8-11-23-19(22-6)24-12-10-18-9-7-13-25(15-18)20(26)28-21(3,4)5;/h17-18H,7-16H2,1-6H3,(H2,22,23,24);1H. The zero-order chi connectivity index (χ0) is 21.0. The summed E-state index contributed by atoms with van der Waals surface area (Å²) in [6.07, 6.45) is 3.97. The average Bonchev–Trinajstić information content (AvgIpc) is 2.61. The van der Waals surface area contributed by atoms with Gasteiger partial charge in [0.05, 0.1) is 0 Å². The van der Waals surface area contributed by atoms with Crippen molar-refractivity contribution in [2.75, 3.05) is 46.4 Å². The molecule has 0 bridgehead atoms. The maximum Gasteiger partial charge on any atom is 0.410 e. The van der Waals surface area contributed by atoms with Gasteiger partial charge in [-0.25, -0.2) is 4.79 Å². The lowest BCUT2D eigenvalue weighted by Gasteiger charge is -2.34. The van der Waals surface area contributed by atoms with E-state index in [2.05, 4.69) is 29.5 Å². The molecule has 1 heterocycles. The van der Waals surface area contributed by atoms with Crippen molar-refractivity contribution in [3.05, 3.63) is 0 Å². The van der Waals surface area contributed by atoms with Gasteiger partial charge in [0, 0.05) is 46.4 Å². The van der Waals surface area contributed by atoms with E-state index in [0.29, 0.717) is 11.8 Å². The lowest BCUT2D eigenvalue weighted by Crippen LogP contribution is -2.44. The van der Waals surface area contributed by atoms with E-state index in [1.807, 2.05) is 25.7 Å². The number of hydrogen-bond acceptors (Lipinski definition) is 4. The molecule has 1 aliphatic rings. The van der Waals surface area contributed by atoms with Crippen LogP contribution in [0.1, 0.15) is 60.3 Å². The van der Waals surface area contributed by atoms with E-state index < -0.39 is 5.60 Å². The Morgan fingerprint density at radius 3 is 2.55 bits per heavy atom. The van der Waals surface area contributed by atoms with Gasteiger partial charge in [-0.1, -0.05) is 13.8 Å². The van der Waals surface area contributed by atoms with E-state index in [1.165, 1.54) is 0 Å². The van der Waals surface area contributed by atoms with Crippen LogP contribution in [0, 0.1) is 11.8 Å². The molecule has 8 heteroatoms. The highest BCUT2D eigenvalue weighted by Gasteiger charge is 2.27. The highest BCUT2D eigenvalue weighted by molar-refractivity contribution is 14.0. The summed E-state index contributed by atoms with van der Waals surface area (Å²) < 4.78 is 11.1. The second-order valence-electron chi connectivity index (χ2n) is 8.97. The number of carbonyl (C=O) groups excluding carboxylic acids is 1. The molecule has 1 rings (SSSR count). The van der Waals surface area contributed by atoms with Crippen LogP contribution in [0.15, 0.2) is 4.99 Å². The van der Waals surface area contributed by atoms with Gasteiger partial charge in [-0.2, -0.15) is 0 Å². The number of amides is 1. The molecule has 172 valence electrons. The summed E-state index contributed by atoms with van der Waals surface area (Å²) in [5.74, 6) is 1.90. The number of rotatable bonds is 9. The molecule has 7 nitrogen and oxygen atoms in total. The molecular weight excluding hydrogens is 483 g/mol. The van der Waals surface area contributed by atoms with Crippen LogP contribution in [-0.2, 0) is 9.47 Å². The summed E-state index contributed by atoms with van der Waals surface area (Å²) in [4.78, 5) is 18.4. The number of carbonyl (C=O) groups is 1. The minimum atomic E-state index is -0.441. The van der Waals surface area contributed by atoms with Crippen molar-refractivity contribution < 1.29 is 14.3 Å². The van der Waals surface area contributed by atoms with Crippen LogP contribution in [0.3, 0.4) is 0 Å². The summed E-state index contributed by atoms with van der Waals surface area (Å²) in [7, 11) is 1.79. The smallest absolute Gasteiger partial charge is 0.410 e. The molecule has 1 unspecified atom stereocenters. The van der Waals surface area contributed by atoms with Gasteiger partial charge in [-0.05, 0) is 58.3 Å². The van der Waals surface area contributed by atoms with E-state index in [1.54, 1.807) is 7.05 Å². The number of nitrogens with zero attached hydrogens (tertiary/aromatic N) is 2. The molecular formula is C21H43IN4O3. The summed E-state index contributed by atoms with van der Waals surface area (Å²) >= 11 is 0. The van der Waals surface area contributed by atoms with Crippen molar-refractivity contribution in [1.29, 1.82) is 0 Å². The maximum absolute atomic E-state index is 12.3. The van der Waals surface area contributed by atoms with Gasteiger partial charge in [0.15, 0.2) is 5.96 Å². The van der Waals surface area contributed by atoms with Gasteiger partial charge < -0.3 is 25.0 Å². The highest BCUT2D eigenvalue weighted by atomic mass is 127. The Morgan fingerprint density at radius 2 is 1.93 bits per heavy atom. The van der Waals surface area contributed by atoms with Gasteiger partial charge in [0.1, 0.15) is 5.60 Å². The number of piperidine rings is 1. The third-order valence-corrected chi connectivity index (χ3v) is 4.45. The molecule has 1 amide bonds. The predicted molar refractivity (Wildman–Crippen MR) is 130 cm³/mol. The monoisotopic (exact) mass is 526 g/mol. The van der Waals surface area contributed by atoms with Crippen molar-refractivity contribution >= 4 is 36.0 Å². The van der Waals surface area contributed by atoms with Crippen LogP contribution < -0.4 is 10.6 Å². The second-order valence-corrected chi connectivity index (χ2v) is 8.97. The number of hydrogen-bond donors (Lipinski definition) is 2. The van der Waals surface area contributed by atoms with E-state index in [-0.39, 0.29) is 30.1 Å². The summed E-state index contributed by atoms with van der Waals surface area (Å²) in [5, 5.41) is 6.69. The number of halogens is 1. The van der Waals surface area contributed by atoms with Crippen LogP contribution in [0.5, 0.6) is 0 Å². The minimum absolute atomic E-state index is 0. The maximum atomic E-state index is 12.3. The topological polar surface area (TPSA) is 75.2 Å². The Kier molecular flexibility index (Phi) is 14.7. The van der Waals surface area contributed by atoms with Crippen LogP contribution >= 0.6 is 24.0 Å². The molecule has 0 saturated carbocycles. The summed E-state index contributed by atoms with van der Waals surface area (Å²) in [6.45, 7) is 14.9. The number of nitrogens with one attached hydrogen (secondary N) is 2. The first-order valence-corrected chi connectivity index (χ1v) is 10.7. The fourth-order valence-electron chi connectivity index (χ4n) is 3.11. The third kappa shape index (κ3) is 14.0. The molecule has 1 saturated heterocycles. The molecule has 1 atom stereocenters. The SMILES string of the molecule is CN=C(NCCCOCC(C)C)NCCC1CCCN(C(=O)OC(C)(C)C)C1.I. The van der Waals surface area contributed by atoms with Crippen LogP contribution in [0.4, 0.5) is 4.79 Å². The van der Waals surface area contributed by atoms with Gasteiger partial charge in [-0.3, -0.25) is 4.99 Å². The molecule has 0 aromatic rings. The minimum Gasteiger partial charge on any atom is -0.444 e. The molecule has 0 aliphatic carbocycles. The third-order valence-electron chi connectivity index (χ3n) is 4.45. The predicted octanol–water partition coefficient (Wildman–Crippen LogP) is 3.87. The molecule has 0 radical (unpaired) electrons. The van der Waals surface area contributed by atoms with E-state index in [4.69, 9.17) is 9.47 Å². The second kappa shape index (κ2) is 15.1. The molecule has 0 aromatic heterocycles. The van der Waals surface area contributed by atoms with E-state index in [0.717, 1.165) is 71.0 Å². The van der Waals surface area contributed by atoms with Crippen LogP contribution in [0.25, 0.3) is 0 Å². The first-order valence-electron chi connectivity index (χ1n) is 10.7. The van der Waals surface area contributed by atoms with Crippen molar-refractivity contribution in [3.63, 3.8) is 0 Å². The highest BCUT2D eigenvalue weighted by Crippen LogP contribution is 2.21. The number of likely N-dealkylation sites (tertiary alicyclic amines) is 1. The van der Waals surface area contributed by atoms with E-state index >= 15 is 0 Å². The van der Waals surface area contributed by atoms with Crippen LogP contribution in [0.2, 0.25) is 0 Å². The van der Waals surface area contributed by atoms with Crippen molar-refractivity contribution in [2.24, 2.45) is 16.8 Å². The Labute approximate surface area is 194 Å². The molecule has 29 heavy (non-hydrogen) atoms. The molecule has 1 aliphatic heterocycles. The molecule has 0 aromatic carbocycles. The lowest BCUT2D eigenvalue weighted by atomic mass is 9.95. The summed E-state index contributed by atoms with van der Waals surface area (Å²) in [5.41, 5.74) is -0.441. The Bertz CT molecular complexity index is 481. The van der Waals surface area contributed by atoms with Gasteiger partial charge >= 0.3 is 6.09 Å². The zero-order valence-electron chi connectivity index (χ0n) is 19.3. The average molecular weight is 527 g/mol. The zero-order valence-corrected chi connectivity index (χ0v) is 21.6. The lowest BCUT2D eigenvalue weighted by molar-refractivity contribution is 0.0162. The number of aliphatic imine (C=N–C) groups is 1. The Hall–Kier alpha value is -0.770. The van der Waals surface area contributed by atoms with Gasteiger partial charge in [0.2, 0.25) is 0 Å². The normalized spacial score (nSPS) is 17.7. The number of guanidine groups is 1. The number of ether oxygens (including phenoxy) is 2. The first-order chi connectivity index (χ1) is 13.2. The van der Waals surface area contributed by atoms with Crippen LogP contribution in [-0.4, -0.2) is 69.0 Å². The fourth-order valence-corrected chi connectivity index (χ4v) is 3.11. The molecule has 0 spiro atoms. The Morgan fingerprint density at radius 1 is 1.24 bits per heavy atom. The first kappa shape index (κ1) is 28.2. The molecule has 2 N–H and O–H groups in total. The van der Waals surface area contributed by atoms with Crippen molar-refractivity contribution in [1.82, 2.24) is 15.5 Å². The van der Waals surface area contributed by atoms with Crippen molar-refractivity contribution in [3.8, 4) is 0 Å². The van der Waals surface area contributed by atoms with Gasteiger partial charge in [0.25, 0.3) is 0 Å². The largest absolute Gasteiger partial charge is 0.444 e. The quantitative estimate of drug-likeness (QED) is 0.207. The van der Waals surface area contributed by atoms with Crippen molar-refractivity contribution in [2.45, 2.75) is 65.9 Å². The fraction of sp³-hybridized carbons (Fsp3) is 0.905. The summed E-state index contributed by atoms with van der Waals surface area (Å²) in [6, 6.07) is 0.